The van der Waals surface area contributed by atoms with Crippen LogP contribution in [0.2, 0.25) is 10.0 Å². The fourth-order valence-corrected chi connectivity index (χ4v) is 1.57. The Morgan fingerprint density at radius 2 is 1.60 bits per heavy atom. The van der Waals surface area contributed by atoms with Crippen molar-refractivity contribution in [3.8, 4) is 0 Å². The summed E-state index contributed by atoms with van der Waals surface area (Å²) in [7, 11) is 0. The second kappa shape index (κ2) is 4.31. The average molecular weight is 322 g/mol. The maximum absolute atomic E-state index is 12.1. The van der Waals surface area contributed by atoms with Gasteiger partial charge in [0.25, 0.3) is 5.78 Å². The highest BCUT2D eigenvalue weighted by molar-refractivity contribution is 9.10. The molecule has 0 heterocycles. The van der Waals surface area contributed by atoms with Gasteiger partial charge in [-0.25, -0.2) is 0 Å². The van der Waals surface area contributed by atoms with E-state index in [0.717, 1.165) is 12.1 Å². The molecule has 0 spiro atoms. The summed E-state index contributed by atoms with van der Waals surface area (Å²) in [4.78, 5) is 10.8. The lowest BCUT2D eigenvalue weighted by atomic mass is 10.1. The van der Waals surface area contributed by atoms with Crippen LogP contribution in [0.15, 0.2) is 16.6 Å². The molecule has 0 saturated carbocycles. The van der Waals surface area contributed by atoms with E-state index < -0.39 is 17.5 Å². The van der Waals surface area contributed by atoms with Gasteiger partial charge in [0, 0.05) is 5.56 Å². The summed E-state index contributed by atoms with van der Waals surface area (Å²) < 4.78 is 36.4. The van der Waals surface area contributed by atoms with Crippen LogP contribution in [-0.4, -0.2) is 12.0 Å². The Labute approximate surface area is 101 Å². The minimum absolute atomic E-state index is 0.0462. The zero-order valence-corrected chi connectivity index (χ0v) is 9.93. The van der Waals surface area contributed by atoms with Crippen molar-refractivity contribution in [2.24, 2.45) is 0 Å². The molecule has 0 N–H and O–H groups in total. The van der Waals surface area contributed by atoms with Gasteiger partial charge in [-0.2, -0.15) is 13.2 Å². The summed E-state index contributed by atoms with van der Waals surface area (Å²) in [5.74, 6) is -1.97. The van der Waals surface area contributed by atoms with Gasteiger partial charge in [0.05, 0.1) is 14.5 Å². The monoisotopic (exact) mass is 320 g/mol. The molecule has 0 bridgehead atoms. The Kier molecular flexibility index (Phi) is 3.68. The summed E-state index contributed by atoms with van der Waals surface area (Å²) in [5.41, 5.74) is -0.583. The van der Waals surface area contributed by atoms with Crippen LogP contribution in [0.3, 0.4) is 0 Å². The zero-order chi connectivity index (χ0) is 11.8. The van der Waals surface area contributed by atoms with Crippen molar-refractivity contribution in [3.05, 3.63) is 32.2 Å². The van der Waals surface area contributed by atoms with Crippen molar-refractivity contribution in [3.63, 3.8) is 0 Å². The van der Waals surface area contributed by atoms with Crippen LogP contribution in [0.1, 0.15) is 10.4 Å². The standard InChI is InChI=1S/C8H2BrCl2F3O/c9-6-4(10)1-3(2-5(6)11)7(15)8(12,13)14/h1-2H. The first kappa shape index (κ1) is 12.8. The molecule has 7 heteroatoms. The predicted molar refractivity (Wildman–Crippen MR) is 54.5 cm³/mol. The lowest BCUT2D eigenvalue weighted by Gasteiger charge is -2.07. The number of hydrogen-bond donors (Lipinski definition) is 0. The largest absolute Gasteiger partial charge is 0.454 e. The second-order valence-electron chi connectivity index (χ2n) is 2.58. The van der Waals surface area contributed by atoms with E-state index in [1.54, 1.807) is 0 Å². The van der Waals surface area contributed by atoms with E-state index in [9.17, 15) is 18.0 Å². The summed E-state index contributed by atoms with van der Waals surface area (Å²) in [6, 6.07) is 1.82. The third-order valence-corrected chi connectivity index (χ3v) is 3.41. The van der Waals surface area contributed by atoms with Crippen LogP contribution in [0.5, 0.6) is 0 Å². The van der Waals surface area contributed by atoms with Gasteiger partial charge < -0.3 is 0 Å². The van der Waals surface area contributed by atoms with Gasteiger partial charge in [0.1, 0.15) is 0 Å². The molecule has 1 nitrogen and oxygen atoms in total. The highest BCUT2D eigenvalue weighted by Gasteiger charge is 2.39. The Morgan fingerprint density at radius 1 is 1.20 bits per heavy atom. The Morgan fingerprint density at radius 3 is 1.93 bits per heavy atom. The van der Waals surface area contributed by atoms with Crippen molar-refractivity contribution in [2.45, 2.75) is 6.18 Å². The molecule has 0 aliphatic carbocycles. The normalized spacial score (nSPS) is 11.6. The fraction of sp³-hybridized carbons (Fsp3) is 0.125. The second-order valence-corrected chi connectivity index (χ2v) is 4.19. The van der Waals surface area contributed by atoms with Crippen LogP contribution < -0.4 is 0 Å². The van der Waals surface area contributed by atoms with Crippen molar-refractivity contribution < 1.29 is 18.0 Å². The Balaban J connectivity index is 3.24. The van der Waals surface area contributed by atoms with E-state index in [1.165, 1.54) is 0 Å². The molecule has 0 aliphatic heterocycles. The van der Waals surface area contributed by atoms with E-state index in [-0.39, 0.29) is 14.5 Å². The van der Waals surface area contributed by atoms with Gasteiger partial charge in [-0.1, -0.05) is 23.2 Å². The summed E-state index contributed by atoms with van der Waals surface area (Å²) in [6.45, 7) is 0. The number of halogens is 6. The number of carbonyl (C=O) groups excluding carboxylic acids is 1. The van der Waals surface area contributed by atoms with Crippen LogP contribution in [0, 0.1) is 0 Å². The topological polar surface area (TPSA) is 17.1 Å². The maximum atomic E-state index is 12.1. The van der Waals surface area contributed by atoms with Crippen LogP contribution in [0.4, 0.5) is 13.2 Å². The van der Waals surface area contributed by atoms with Crippen LogP contribution >= 0.6 is 39.1 Å². The molecule has 1 aromatic carbocycles. The van der Waals surface area contributed by atoms with Gasteiger partial charge in [0.2, 0.25) is 0 Å². The van der Waals surface area contributed by atoms with Gasteiger partial charge in [-0.3, -0.25) is 4.79 Å². The number of rotatable bonds is 1. The summed E-state index contributed by atoms with van der Waals surface area (Å²) >= 11 is 14.1. The predicted octanol–water partition coefficient (Wildman–Crippen LogP) is 4.50. The van der Waals surface area contributed by atoms with Gasteiger partial charge in [0.15, 0.2) is 0 Å². The smallest absolute Gasteiger partial charge is 0.284 e. The minimum Gasteiger partial charge on any atom is -0.284 e. The molecule has 0 amide bonds. The van der Waals surface area contributed by atoms with E-state index in [0.29, 0.717) is 0 Å². The number of alkyl halides is 3. The SMILES string of the molecule is O=C(c1cc(Cl)c(Br)c(Cl)c1)C(F)(F)F. The van der Waals surface area contributed by atoms with E-state index in [2.05, 4.69) is 15.9 Å². The maximum Gasteiger partial charge on any atom is 0.454 e. The molecular formula is C8H2BrCl2F3O. The molecule has 0 aromatic heterocycles. The molecule has 0 atom stereocenters. The molecule has 0 radical (unpaired) electrons. The van der Waals surface area contributed by atoms with Crippen LogP contribution in [-0.2, 0) is 0 Å². The Hall–Kier alpha value is -0.260. The number of Topliss-reactive ketones (excluding diaryl/α,β-unsaturated/α-hetero) is 1. The quantitative estimate of drug-likeness (QED) is 0.550. The molecule has 1 aromatic rings. The van der Waals surface area contributed by atoms with E-state index in [4.69, 9.17) is 23.2 Å². The molecule has 0 unspecified atom stereocenters. The van der Waals surface area contributed by atoms with Gasteiger partial charge in [-0.15, -0.1) is 0 Å². The number of ketones is 1. The van der Waals surface area contributed by atoms with Crippen molar-refractivity contribution >= 4 is 44.9 Å². The van der Waals surface area contributed by atoms with E-state index in [1.807, 2.05) is 0 Å². The first-order valence-electron chi connectivity index (χ1n) is 3.49. The highest BCUT2D eigenvalue weighted by atomic mass is 79.9. The summed E-state index contributed by atoms with van der Waals surface area (Å²) in [6.07, 6.45) is -4.93. The molecule has 0 fully saturated rings. The Bertz CT molecular complexity index is 394. The molecule has 0 aliphatic rings. The first-order valence-corrected chi connectivity index (χ1v) is 5.04. The number of hydrogen-bond acceptors (Lipinski definition) is 1. The minimum atomic E-state index is -4.93. The third kappa shape index (κ3) is 2.86. The average Bonchev–Trinajstić information content (AvgIpc) is 2.10. The number of carbonyl (C=O) groups is 1. The molecular weight excluding hydrogens is 320 g/mol. The van der Waals surface area contributed by atoms with Gasteiger partial charge in [-0.05, 0) is 28.1 Å². The highest BCUT2D eigenvalue weighted by Crippen LogP contribution is 2.33. The zero-order valence-electron chi connectivity index (χ0n) is 6.83. The lowest BCUT2D eigenvalue weighted by molar-refractivity contribution is -0.0885. The van der Waals surface area contributed by atoms with Gasteiger partial charge >= 0.3 is 6.18 Å². The first-order chi connectivity index (χ1) is 6.73. The molecule has 0 saturated heterocycles. The number of benzene rings is 1. The summed E-state index contributed by atoms with van der Waals surface area (Å²) in [5, 5.41) is -0.0924. The molecule has 15 heavy (non-hydrogen) atoms. The fourth-order valence-electron chi connectivity index (χ4n) is 0.850. The molecule has 82 valence electrons. The third-order valence-electron chi connectivity index (χ3n) is 1.50. The van der Waals surface area contributed by atoms with Crippen LogP contribution in [0.25, 0.3) is 0 Å². The lowest BCUT2D eigenvalue weighted by Crippen LogP contribution is -2.22. The van der Waals surface area contributed by atoms with Crippen molar-refractivity contribution in [1.29, 1.82) is 0 Å². The van der Waals surface area contributed by atoms with Crippen molar-refractivity contribution in [2.75, 3.05) is 0 Å². The van der Waals surface area contributed by atoms with Crippen molar-refractivity contribution in [1.82, 2.24) is 0 Å². The molecule has 1 rings (SSSR count). The van der Waals surface area contributed by atoms with E-state index >= 15 is 0 Å².